The average Bonchev–Trinajstić information content (AvgIpc) is 2.96. The zero-order chi connectivity index (χ0) is 28.8. The Bertz CT molecular complexity index is 1470. The van der Waals surface area contributed by atoms with Crippen LogP contribution in [0.3, 0.4) is 0 Å². The molecule has 41 heavy (non-hydrogen) atoms. The van der Waals surface area contributed by atoms with Gasteiger partial charge in [-0.25, -0.2) is 13.1 Å². The number of ether oxygens (including phenoxy) is 2. The summed E-state index contributed by atoms with van der Waals surface area (Å²) in [4.78, 5) is 37.3. The molecular formula is C28H32N4O8S. The number of benzene rings is 2. The SMILES string of the molecule is O=C1CC2(CCN(c3ccc(C(=O)NS(=O)(=O)c4cc5c(c([N+](=O)[O-])c4)N[C@H](C4CCOCC4)CO5)cc3)CC2)C1. The minimum atomic E-state index is -4.44. The molecule has 6 rings (SSSR count). The molecule has 2 saturated heterocycles. The Morgan fingerprint density at radius 1 is 1.10 bits per heavy atom. The van der Waals surface area contributed by atoms with E-state index in [1.54, 1.807) is 24.3 Å². The van der Waals surface area contributed by atoms with Crippen LogP contribution in [0.4, 0.5) is 17.1 Å². The summed E-state index contributed by atoms with van der Waals surface area (Å²) in [5.41, 5.74) is 0.900. The summed E-state index contributed by atoms with van der Waals surface area (Å²) in [6, 6.07) is 8.62. The molecule has 1 amide bonds. The molecule has 3 aliphatic heterocycles. The normalized spacial score (nSPS) is 22.2. The number of nitro benzene ring substituents is 1. The second-order valence-electron chi connectivity index (χ2n) is 11.4. The zero-order valence-corrected chi connectivity index (χ0v) is 23.3. The average molecular weight is 585 g/mol. The minimum Gasteiger partial charge on any atom is -0.489 e. The van der Waals surface area contributed by atoms with Gasteiger partial charge in [0.25, 0.3) is 21.6 Å². The maximum Gasteiger partial charge on any atom is 0.297 e. The first-order valence-electron chi connectivity index (χ1n) is 13.9. The smallest absolute Gasteiger partial charge is 0.297 e. The lowest BCUT2D eigenvalue weighted by atomic mass is 9.62. The van der Waals surface area contributed by atoms with Crippen LogP contribution < -0.4 is 19.7 Å². The second-order valence-corrected chi connectivity index (χ2v) is 13.1. The van der Waals surface area contributed by atoms with Gasteiger partial charge in [-0.2, -0.15) is 0 Å². The molecule has 13 heteroatoms. The van der Waals surface area contributed by atoms with Crippen molar-refractivity contribution in [2.24, 2.45) is 11.3 Å². The van der Waals surface area contributed by atoms with Crippen LogP contribution in [0.15, 0.2) is 41.3 Å². The van der Waals surface area contributed by atoms with Gasteiger partial charge in [0, 0.05) is 62.5 Å². The first-order chi connectivity index (χ1) is 19.6. The maximum absolute atomic E-state index is 13.1. The van der Waals surface area contributed by atoms with E-state index in [9.17, 15) is 28.1 Å². The quantitative estimate of drug-likeness (QED) is 0.381. The molecule has 218 valence electrons. The molecule has 3 fully saturated rings. The van der Waals surface area contributed by atoms with Crippen LogP contribution in [-0.2, 0) is 19.6 Å². The molecule has 2 aromatic rings. The fourth-order valence-electron chi connectivity index (χ4n) is 6.35. The number of Topliss-reactive ketones (excluding diaryl/α,β-unsaturated/α-hetero) is 1. The minimum absolute atomic E-state index is 0.0502. The number of amides is 1. The summed E-state index contributed by atoms with van der Waals surface area (Å²) in [6.07, 6.45) is 4.82. The van der Waals surface area contributed by atoms with Crippen molar-refractivity contribution in [3.8, 4) is 5.75 Å². The zero-order valence-electron chi connectivity index (χ0n) is 22.5. The number of hydrogen-bond donors (Lipinski definition) is 2. The van der Waals surface area contributed by atoms with Gasteiger partial charge in [0.15, 0.2) is 11.4 Å². The van der Waals surface area contributed by atoms with Gasteiger partial charge in [0.1, 0.15) is 12.4 Å². The molecule has 2 N–H and O–H groups in total. The molecule has 12 nitrogen and oxygen atoms in total. The van der Waals surface area contributed by atoms with Gasteiger partial charge in [-0.1, -0.05) is 0 Å². The number of carbonyl (C=O) groups excluding carboxylic acids is 2. The topological polar surface area (TPSA) is 157 Å². The van der Waals surface area contributed by atoms with Crippen molar-refractivity contribution in [1.29, 1.82) is 0 Å². The summed E-state index contributed by atoms with van der Waals surface area (Å²) in [7, 11) is -4.44. The third kappa shape index (κ3) is 5.47. The van der Waals surface area contributed by atoms with E-state index in [-0.39, 0.29) is 41.0 Å². The highest BCUT2D eigenvalue weighted by Gasteiger charge is 2.45. The highest BCUT2D eigenvalue weighted by Crippen LogP contribution is 2.47. The Kier molecular flexibility index (Phi) is 7.10. The summed E-state index contributed by atoms with van der Waals surface area (Å²) in [6.45, 7) is 3.08. The lowest BCUT2D eigenvalue weighted by Gasteiger charge is -2.47. The number of nitrogens with one attached hydrogen (secondary N) is 2. The van der Waals surface area contributed by atoms with Crippen molar-refractivity contribution in [2.45, 2.75) is 49.5 Å². The Morgan fingerprint density at radius 2 is 1.78 bits per heavy atom. The number of nitro groups is 1. The number of hydrogen-bond acceptors (Lipinski definition) is 10. The number of ketones is 1. The third-order valence-corrected chi connectivity index (χ3v) is 10.1. The highest BCUT2D eigenvalue weighted by atomic mass is 32.2. The summed E-state index contributed by atoms with van der Waals surface area (Å²) in [5, 5.41) is 15.1. The fraction of sp³-hybridized carbons (Fsp3) is 0.500. The molecule has 0 unspecified atom stereocenters. The maximum atomic E-state index is 13.1. The number of nitrogens with zero attached hydrogens (tertiary/aromatic N) is 2. The van der Waals surface area contributed by atoms with Gasteiger partial charge < -0.3 is 19.7 Å². The lowest BCUT2D eigenvalue weighted by molar-refractivity contribution is -0.384. The molecule has 1 saturated carbocycles. The highest BCUT2D eigenvalue weighted by molar-refractivity contribution is 7.90. The van der Waals surface area contributed by atoms with E-state index in [0.29, 0.717) is 31.8 Å². The molecule has 0 aromatic heterocycles. The van der Waals surface area contributed by atoms with Crippen LogP contribution in [0, 0.1) is 21.4 Å². The first-order valence-corrected chi connectivity index (χ1v) is 15.3. The van der Waals surface area contributed by atoms with Gasteiger partial charge >= 0.3 is 0 Å². The number of fused-ring (bicyclic) bond motifs is 1. The van der Waals surface area contributed by atoms with Crippen LogP contribution in [0.2, 0.25) is 0 Å². The van der Waals surface area contributed by atoms with Crippen molar-refractivity contribution < 1.29 is 32.4 Å². The van der Waals surface area contributed by atoms with Gasteiger partial charge in [-0.3, -0.25) is 19.7 Å². The van der Waals surface area contributed by atoms with Crippen molar-refractivity contribution in [1.82, 2.24) is 4.72 Å². The monoisotopic (exact) mass is 584 g/mol. The Morgan fingerprint density at radius 3 is 2.41 bits per heavy atom. The largest absolute Gasteiger partial charge is 0.489 e. The van der Waals surface area contributed by atoms with E-state index in [1.165, 1.54) is 6.07 Å². The number of carbonyl (C=O) groups is 2. The van der Waals surface area contributed by atoms with Crippen molar-refractivity contribution in [2.75, 3.05) is 43.1 Å². The molecule has 1 spiro atoms. The summed E-state index contributed by atoms with van der Waals surface area (Å²) >= 11 is 0. The molecule has 1 aliphatic carbocycles. The van der Waals surface area contributed by atoms with Crippen molar-refractivity contribution >= 4 is 38.8 Å². The van der Waals surface area contributed by atoms with E-state index >= 15 is 0 Å². The van der Waals surface area contributed by atoms with Crippen LogP contribution in [0.1, 0.15) is 48.9 Å². The van der Waals surface area contributed by atoms with Gasteiger partial charge in [-0.05, 0) is 61.3 Å². The predicted molar refractivity (Wildman–Crippen MR) is 149 cm³/mol. The number of anilines is 2. The molecular weight excluding hydrogens is 552 g/mol. The molecule has 4 aliphatic rings. The molecule has 3 heterocycles. The number of piperidine rings is 1. The lowest BCUT2D eigenvalue weighted by Crippen LogP contribution is -2.47. The standard InChI is InChI=1S/C28H32N4O8S/c33-21-15-28(16-21)7-9-31(10-8-28)20-3-1-19(2-4-20)27(34)30-41(37,38)22-13-24(32(35)36)26-25(14-22)40-17-23(29-26)18-5-11-39-12-6-18/h1-4,13-14,18,23,29H,5-12,15-17H2,(H,30,34)/t23-/m0/s1. The molecule has 0 radical (unpaired) electrons. The summed E-state index contributed by atoms with van der Waals surface area (Å²) in [5.74, 6) is -0.252. The van der Waals surface area contributed by atoms with E-state index < -0.39 is 31.4 Å². The van der Waals surface area contributed by atoms with Gasteiger partial charge in [0.05, 0.1) is 15.9 Å². The van der Waals surface area contributed by atoms with Crippen LogP contribution >= 0.6 is 0 Å². The first kappa shape index (κ1) is 27.5. The van der Waals surface area contributed by atoms with Gasteiger partial charge in [0.2, 0.25) is 0 Å². The van der Waals surface area contributed by atoms with E-state index in [2.05, 4.69) is 10.2 Å². The summed E-state index contributed by atoms with van der Waals surface area (Å²) < 4.78 is 39.5. The Balaban J connectivity index is 1.14. The van der Waals surface area contributed by atoms with Crippen LogP contribution in [0.25, 0.3) is 0 Å². The van der Waals surface area contributed by atoms with E-state index in [1.807, 2.05) is 4.72 Å². The molecule has 0 bridgehead atoms. The Hall–Kier alpha value is -3.71. The number of sulfonamides is 1. The molecule has 1 atom stereocenters. The van der Waals surface area contributed by atoms with Crippen molar-refractivity contribution in [3.63, 3.8) is 0 Å². The van der Waals surface area contributed by atoms with E-state index in [0.717, 1.165) is 50.5 Å². The fourth-order valence-corrected chi connectivity index (χ4v) is 7.36. The predicted octanol–water partition coefficient (Wildman–Crippen LogP) is 3.26. The second kappa shape index (κ2) is 10.6. The van der Waals surface area contributed by atoms with Crippen molar-refractivity contribution in [3.05, 3.63) is 52.1 Å². The van der Waals surface area contributed by atoms with Crippen LogP contribution in [0.5, 0.6) is 5.75 Å². The number of rotatable bonds is 6. The Labute approximate surface area is 237 Å². The molecule has 2 aromatic carbocycles. The van der Waals surface area contributed by atoms with Gasteiger partial charge in [-0.15, -0.1) is 0 Å². The third-order valence-electron chi connectivity index (χ3n) is 8.84. The van der Waals surface area contributed by atoms with E-state index in [4.69, 9.17) is 9.47 Å². The van der Waals surface area contributed by atoms with Crippen LogP contribution in [-0.4, -0.2) is 64.0 Å².